The summed E-state index contributed by atoms with van der Waals surface area (Å²) in [6.07, 6.45) is -5.45. The fourth-order valence-corrected chi connectivity index (χ4v) is 1.86. The van der Waals surface area contributed by atoms with E-state index in [9.17, 15) is 23.1 Å². The summed E-state index contributed by atoms with van der Waals surface area (Å²) in [5, 5.41) is 11.7. The summed E-state index contributed by atoms with van der Waals surface area (Å²) in [5.74, 6) is -0.710. The molecule has 20 heavy (non-hydrogen) atoms. The maximum atomic E-state index is 12.6. The first kappa shape index (κ1) is 16.9. The Kier molecular flexibility index (Phi) is 5.97. The number of hydrogen-bond donors (Lipinski definition) is 2. The molecular weight excluding hydrogens is 343 g/mol. The Morgan fingerprint density at radius 3 is 2.70 bits per heavy atom. The van der Waals surface area contributed by atoms with Gasteiger partial charge in [0, 0.05) is 18.1 Å². The second-order valence-electron chi connectivity index (χ2n) is 4.01. The van der Waals surface area contributed by atoms with Crippen molar-refractivity contribution in [1.82, 2.24) is 5.32 Å². The number of aliphatic hydroxyl groups is 1. The van der Waals surface area contributed by atoms with E-state index in [0.29, 0.717) is 0 Å². The Hall–Kier alpha value is -1.12. The van der Waals surface area contributed by atoms with Crippen LogP contribution in [0.25, 0.3) is 0 Å². The monoisotopic (exact) mass is 355 g/mol. The Bertz CT molecular complexity index is 480. The molecule has 112 valence electrons. The molecule has 0 aliphatic rings. The third kappa shape index (κ3) is 4.77. The van der Waals surface area contributed by atoms with Crippen LogP contribution in [0.5, 0.6) is 0 Å². The number of nitrogens with one attached hydrogen (secondary N) is 1. The second-order valence-corrected chi connectivity index (χ2v) is 4.87. The molecule has 1 aromatic carbocycles. The van der Waals surface area contributed by atoms with Gasteiger partial charge in [-0.25, -0.2) is 0 Å². The molecule has 0 heterocycles. The van der Waals surface area contributed by atoms with Gasteiger partial charge in [-0.15, -0.1) is 0 Å². The molecule has 0 bridgehead atoms. The van der Waals surface area contributed by atoms with Gasteiger partial charge in [-0.1, -0.05) is 0 Å². The van der Waals surface area contributed by atoms with Gasteiger partial charge in [-0.05, 0) is 34.1 Å². The van der Waals surface area contributed by atoms with Crippen LogP contribution in [0, 0.1) is 0 Å². The number of alkyl halides is 3. The number of benzene rings is 1. The van der Waals surface area contributed by atoms with Gasteiger partial charge >= 0.3 is 6.18 Å². The molecule has 0 saturated heterocycles. The lowest BCUT2D eigenvalue weighted by Crippen LogP contribution is -2.34. The number of carbonyl (C=O) groups excluding carboxylic acids is 1. The molecule has 1 rings (SSSR count). The number of amides is 1. The second kappa shape index (κ2) is 7.05. The largest absolute Gasteiger partial charge is 0.416 e. The predicted octanol–water partition coefficient (Wildman–Crippen LogP) is 2.21. The fourth-order valence-electron chi connectivity index (χ4n) is 1.43. The normalized spacial score (nSPS) is 13.1. The molecule has 0 fully saturated rings. The van der Waals surface area contributed by atoms with Crippen LogP contribution >= 0.6 is 15.9 Å². The van der Waals surface area contributed by atoms with E-state index in [2.05, 4.69) is 26.0 Å². The first-order chi connectivity index (χ1) is 9.25. The number of aliphatic hydroxyl groups excluding tert-OH is 1. The highest BCUT2D eigenvalue weighted by molar-refractivity contribution is 9.10. The van der Waals surface area contributed by atoms with E-state index < -0.39 is 23.8 Å². The van der Waals surface area contributed by atoms with E-state index >= 15 is 0 Å². The topological polar surface area (TPSA) is 58.6 Å². The maximum Gasteiger partial charge on any atom is 0.416 e. The zero-order valence-electron chi connectivity index (χ0n) is 10.5. The van der Waals surface area contributed by atoms with Crippen molar-refractivity contribution in [3.8, 4) is 0 Å². The Balaban J connectivity index is 2.82. The molecule has 1 unspecified atom stereocenters. The van der Waals surface area contributed by atoms with Crippen LogP contribution in [0.4, 0.5) is 13.2 Å². The molecule has 0 spiro atoms. The molecule has 1 atom stereocenters. The first-order valence-corrected chi connectivity index (χ1v) is 6.37. The van der Waals surface area contributed by atoms with E-state index in [1.807, 2.05) is 0 Å². The Morgan fingerprint density at radius 1 is 1.50 bits per heavy atom. The average molecular weight is 356 g/mol. The van der Waals surface area contributed by atoms with Crippen LogP contribution in [-0.4, -0.2) is 37.4 Å². The van der Waals surface area contributed by atoms with Crippen LogP contribution < -0.4 is 5.32 Å². The lowest BCUT2D eigenvalue weighted by Gasteiger charge is -2.13. The van der Waals surface area contributed by atoms with Crippen molar-refractivity contribution in [1.29, 1.82) is 0 Å². The average Bonchev–Trinajstić information content (AvgIpc) is 2.35. The van der Waals surface area contributed by atoms with Gasteiger partial charge < -0.3 is 15.2 Å². The van der Waals surface area contributed by atoms with E-state index in [1.165, 1.54) is 7.11 Å². The summed E-state index contributed by atoms with van der Waals surface area (Å²) in [7, 11) is 1.38. The molecular formula is C12H13BrF3NO3. The summed E-state index contributed by atoms with van der Waals surface area (Å²) in [5.41, 5.74) is -1.06. The lowest BCUT2D eigenvalue weighted by molar-refractivity contribution is -0.137. The predicted molar refractivity (Wildman–Crippen MR) is 69.4 cm³/mol. The number of ether oxygens (including phenoxy) is 1. The molecule has 2 N–H and O–H groups in total. The zero-order valence-corrected chi connectivity index (χ0v) is 12.1. The molecule has 0 aromatic heterocycles. The molecule has 1 aromatic rings. The van der Waals surface area contributed by atoms with Gasteiger partial charge in [0.1, 0.15) is 0 Å². The molecule has 0 radical (unpaired) electrons. The van der Waals surface area contributed by atoms with Gasteiger partial charge in [0.05, 0.1) is 23.8 Å². The van der Waals surface area contributed by atoms with Crippen molar-refractivity contribution in [2.45, 2.75) is 12.3 Å². The van der Waals surface area contributed by atoms with Crippen molar-refractivity contribution < 1.29 is 27.8 Å². The third-order valence-corrected chi connectivity index (χ3v) is 3.09. The Morgan fingerprint density at radius 2 is 2.15 bits per heavy atom. The summed E-state index contributed by atoms with van der Waals surface area (Å²) in [4.78, 5) is 11.8. The van der Waals surface area contributed by atoms with E-state index in [1.54, 1.807) is 0 Å². The van der Waals surface area contributed by atoms with Gasteiger partial charge in [0.15, 0.2) is 0 Å². The van der Waals surface area contributed by atoms with E-state index in [4.69, 9.17) is 0 Å². The summed E-state index contributed by atoms with van der Waals surface area (Å²) in [6.45, 7) is -0.0978. The first-order valence-electron chi connectivity index (χ1n) is 5.57. The molecule has 8 heteroatoms. The number of carbonyl (C=O) groups is 1. The number of rotatable bonds is 5. The quantitative estimate of drug-likeness (QED) is 0.851. The van der Waals surface area contributed by atoms with E-state index in [0.717, 1.165) is 18.2 Å². The van der Waals surface area contributed by atoms with Crippen LogP contribution in [0.3, 0.4) is 0 Å². The number of methoxy groups -OCH3 is 1. The minimum atomic E-state index is -4.52. The molecule has 0 aliphatic carbocycles. The minimum absolute atomic E-state index is 0.0179. The van der Waals surface area contributed by atoms with Gasteiger partial charge in [0.2, 0.25) is 0 Å². The molecule has 0 aliphatic heterocycles. The number of halogens is 4. The summed E-state index contributed by atoms with van der Waals surface area (Å²) in [6, 6.07) is 2.78. The van der Waals surface area contributed by atoms with Crippen molar-refractivity contribution >= 4 is 21.8 Å². The minimum Gasteiger partial charge on any atom is -0.389 e. The highest BCUT2D eigenvalue weighted by Gasteiger charge is 2.31. The van der Waals surface area contributed by atoms with Crippen LogP contribution in [0.1, 0.15) is 15.9 Å². The SMILES string of the molecule is COCC(O)CNC(=O)c1cc(C(F)(F)F)ccc1Br. The molecule has 1 amide bonds. The van der Waals surface area contributed by atoms with Crippen LogP contribution in [-0.2, 0) is 10.9 Å². The summed E-state index contributed by atoms with van der Waals surface area (Å²) >= 11 is 3.02. The molecule has 0 saturated carbocycles. The maximum absolute atomic E-state index is 12.6. The highest BCUT2D eigenvalue weighted by Crippen LogP contribution is 2.31. The third-order valence-electron chi connectivity index (χ3n) is 2.40. The molecule has 4 nitrogen and oxygen atoms in total. The fraction of sp³-hybridized carbons (Fsp3) is 0.417. The van der Waals surface area contributed by atoms with Gasteiger partial charge in [-0.2, -0.15) is 13.2 Å². The van der Waals surface area contributed by atoms with Crippen molar-refractivity contribution in [2.24, 2.45) is 0 Å². The van der Waals surface area contributed by atoms with Gasteiger partial charge in [-0.3, -0.25) is 4.79 Å². The standard InChI is InChI=1S/C12H13BrF3NO3/c1-20-6-8(18)5-17-11(19)9-4-7(12(14,15)16)2-3-10(9)13/h2-4,8,18H,5-6H2,1H3,(H,17,19). The van der Waals surface area contributed by atoms with Crippen molar-refractivity contribution in [3.63, 3.8) is 0 Å². The zero-order chi connectivity index (χ0) is 15.3. The van der Waals surface area contributed by atoms with Crippen LogP contribution in [0.15, 0.2) is 22.7 Å². The van der Waals surface area contributed by atoms with E-state index in [-0.39, 0.29) is 23.2 Å². The smallest absolute Gasteiger partial charge is 0.389 e. The Labute approximate surface area is 122 Å². The summed E-state index contributed by atoms with van der Waals surface area (Å²) < 4.78 is 42.6. The van der Waals surface area contributed by atoms with Crippen molar-refractivity contribution in [2.75, 3.05) is 20.3 Å². The highest BCUT2D eigenvalue weighted by atomic mass is 79.9. The lowest BCUT2D eigenvalue weighted by atomic mass is 10.1. The number of hydrogen-bond acceptors (Lipinski definition) is 3. The van der Waals surface area contributed by atoms with Crippen molar-refractivity contribution in [3.05, 3.63) is 33.8 Å². The van der Waals surface area contributed by atoms with Gasteiger partial charge in [0.25, 0.3) is 5.91 Å². The van der Waals surface area contributed by atoms with Crippen LogP contribution in [0.2, 0.25) is 0 Å².